The number of hydrogen-bond donors (Lipinski definition) is 0. The fraction of sp³-hybridized carbons (Fsp3) is 0.875. The lowest BCUT2D eigenvalue weighted by molar-refractivity contribution is -0.116. The number of carbonyl (C=O) groups excluding carboxylic acids is 1. The third-order valence-electron chi connectivity index (χ3n) is 2.24. The molecule has 11 heavy (non-hydrogen) atoms. The summed E-state index contributed by atoms with van der Waals surface area (Å²) < 4.78 is 0. The summed E-state index contributed by atoms with van der Waals surface area (Å²) in [6, 6.07) is 0. The molecule has 0 aliphatic heterocycles. The highest BCUT2D eigenvalue weighted by molar-refractivity contribution is 6.64. The van der Waals surface area contributed by atoms with Gasteiger partial charge in [-0.05, 0) is 37.8 Å². The SMILES string of the molecule is CC1(Cl)CCCC(C(=O)Cl)C1. The van der Waals surface area contributed by atoms with Crippen molar-refractivity contribution < 1.29 is 4.79 Å². The van der Waals surface area contributed by atoms with E-state index in [1.165, 1.54) is 0 Å². The molecule has 64 valence electrons. The lowest BCUT2D eigenvalue weighted by atomic mass is 9.82. The topological polar surface area (TPSA) is 17.1 Å². The Balaban J connectivity index is 2.53. The molecule has 1 nitrogen and oxygen atoms in total. The minimum absolute atomic E-state index is 0.00656. The molecule has 1 fully saturated rings. The van der Waals surface area contributed by atoms with E-state index in [1.54, 1.807) is 0 Å². The van der Waals surface area contributed by atoms with E-state index < -0.39 is 0 Å². The van der Waals surface area contributed by atoms with Crippen molar-refractivity contribution >= 4 is 28.4 Å². The molecule has 1 aliphatic carbocycles. The Morgan fingerprint density at radius 1 is 1.64 bits per heavy atom. The Hall–Kier alpha value is 0.250. The molecule has 1 aliphatic rings. The van der Waals surface area contributed by atoms with Gasteiger partial charge in [-0.25, -0.2) is 0 Å². The van der Waals surface area contributed by atoms with E-state index in [9.17, 15) is 4.79 Å². The molecule has 0 radical (unpaired) electrons. The molecule has 1 rings (SSSR count). The van der Waals surface area contributed by atoms with E-state index >= 15 is 0 Å². The van der Waals surface area contributed by atoms with Gasteiger partial charge in [-0.2, -0.15) is 0 Å². The average molecular weight is 195 g/mol. The van der Waals surface area contributed by atoms with E-state index in [4.69, 9.17) is 23.2 Å². The highest BCUT2D eigenvalue weighted by Gasteiger charge is 2.32. The maximum atomic E-state index is 10.8. The van der Waals surface area contributed by atoms with Crippen LogP contribution in [0.5, 0.6) is 0 Å². The highest BCUT2D eigenvalue weighted by atomic mass is 35.5. The zero-order valence-electron chi connectivity index (χ0n) is 6.57. The van der Waals surface area contributed by atoms with Crippen molar-refractivity contribution in [1.29, 1.82) is 0 Å². The first-order valence-corrected chi connectivity index (χ1v) is 4.65. The summed E-state index contributed by atoms with van der Waals surface area (Å²) in [6.07, 6.45) is 3.65. The van der Waals surface area contributed by atoms with Gasteiger partial charge in [0, 0.05) is 10.8 Å². The molecule has 1 saturated carbocycles. The lowest BCUT2D eigenvalue weighted by Gasteiger charge is -2.31. The van der Waals surface area contributed by atoms with Crippen molar-refractivity contribution in [2.45, 2.75) is 37.5 Å². The van der Waals surface area contributed by atoms with Crippen molar-refractivity contribution in [1.82, 2.24) is 0 Å². The van der Waals surface area contributed by atoms with E-state index in [2.05, 4.69) is 0 Å². The molecule has 2 unspecified atom stereocenters. The van der Waals surface area contributed by atoms with Gasteiger partial charge in [-0.1, -0.05) is 6.42 Å². The number of carbonyl (C=O) groups is 1. The van der Waals surface area contributed by atoms with Gasteiger partial charge in [0.25, 0.3) is 0 Å². The van der Waals surface area contributed by atoms with Gasteiger partial charge in [0.15, 0.2) is 0 Å². The van der Waals surface area contributed by atoms with Crippen LogP contribution in [0.25, 0.3) is 0 Å². The van der Waals surface area contributed by atoms with Crippen LogP contribution in [-0.2, 0) is 4.79 Å². The van der Waals surface area contributed by atoms with Crippen molar-refractivity contribution in [2.75, 3.05) is 0 Å². The molecule has 0 aromatic carbocycles. The van der Waals surface area contributed by atoms with E-state index in [0.717, 1.165) is 25.7 Å². The first-order valence-electron chi connectivity index (χ1n) is 3.89. The molecule has 2 atom stereocenters. The normalized spacial score (nSPS) is 38.6. The largest absolute Gasteiger partial charge is 0.281 e. The number of hydrogen-bond acceptors (Lipinski definition) is 1. The minimum Gasteiger partial charge on any atom is -0.281 e. The summed E-state index contributed by atoms with van der Waals surface area (Å²) in [5.74, 6) is -0.00656. The summed E-state index contributed by atoms with van der Waals surface area (Å²) in [4.78, 5) is 10.6. The van der Waals surface area contributed by atoms with Crippen LogP contribution in [-0.4, -0.2) is 10.1 Å². The van der Waals surface area contributed by atoms with Crippen LogP contribution in [0.4, 0.5) is 0 Å². The molecule has 0 aromatic heterocycles. The second kappa shape index (κ2) is 3.32. The van der Waals surface area contributed by atoms with Crippen LogP contribution in [0.2, 0.25) is 0 Å². The molecule has 3 heteroatoms. The zero-order valence-corrected chi connectivity index (χ0v) is 8.08. The Labute approximate surface area is 77.1 Å². The predicted octanol–water partition coefficient (Wildman–Crippen LogP) is 2.94. The number of halogens is 2. The Morgan fingerprint density at radius 2 is 2.27 bits per heavy atom. The lowest BCUT2D eigenvalue weighted by Crippen LogP contribution is -2.28. The third-order valence-corrected chi connectivity index (χ3v) is 2.90. The van der Waals surface area contributed by atoms with Crippen molar-refractivity contribution in [3.63, 3.8) is 0 Å². The van der Waals surface area contributed by atoms with E-state index in [-0.39, 0.29) is 16.0 Å². The van der Waals surface area contributed by atoms with Crippen LogP contribution in [0.3, 0.4) is 0 Å². The summed E-state index contributed by atoms with van der Waals surface area (Å²) in [6.45, 7) is 1.97. The van der Waals surface area contributed by atoms with Crippen molar-refractivity contribution in [3.8, 4) is 0 Å². The van der Waals surface area contributed by atoms with Crippen LogP contribution in [0.1, 0.15) is 32.6 Å². The molecule has 0 aromatic rings. The smallest absolute Gasteiger partial charge is 0.224 e. The molecule has 0 saturated heterocycles. The van der Waals surface area contributed by atoms with Crippen LogP contribution < -0.4 is 0 Å². The average Bonchev–Trinajstić information content (AvgIpc) is 1.85. The molecule has 0 bridgehead atoms. The maximum absolute atomic E-state index is 10.8. The van der Waals surface area contributed by atoms with Gasteiger partial charge < -0.3 is 0 Å². The summed E-state index contributed by atoms with van der Waals surface area (Å²) >= 11 is 11.5. The van der Waals surface area contributed by atoms with Gasteiger partial charge in [0.2, 0.25) is 5.24 Å². The summed E-state index contributed by atoms with van der Waals surface area (Å²) in [5, 5.41) is -0.225. The van der Waals surface area contributed by atoms with Crippen molar-refractivity contribution in [3.05, 3.63) is 0 Å². The zero-order chi connectivity index (χ0) is 8.48. The van der Waals surface area contributed by atoms with Crippen LogP contribution in [0.15, 0.2) is 0 Å². The fourth-order valence-electron chi connectivity index (χ4n) is 1.63. The minimum atomic E-state index is -0.225. The first kappa shape index (κ1) is 9.34. The van der Waals surface area contributed by atoms with E-state index in [0.29, 0.717) is 0 Å². The first-order chi connectivity index (χ1) is 5.01. The molecule has 0 N–H and O–H groups in total. The van der Waals surface area contributed by atoms with Crippen molar-refractivity contribution in [2.24, 2.45) is 5.92 Å². The molecule has 0 spiro atoms. The Bertz CT molecular complexity index is 165. The number of rotatable bonds is 1. The maximum Gasteiger partial charge on any atom is 0.224 e. The monoisotopic (exact) mass is 194 g/mol. The summed E-state index contributed by atoms with van der Waals surface area (Å²) in [5.41, 5.74) is 0. The number of alkyl halides is 1. The molecule has 0 amide bonds. The molecular weight excluding hydrogens is 183 g/mol. The van der Waals surface area contributed by atoms with Gasteiger partial charge in [0.1, 0.15) is 0 Å². The third kappa shape index (κ3) is 2.64. The molecular formula is C8H12Cl2O. The van der Waals surface area contributed by atoms with Crippen LogP contribution in [0, 0.1) is 5.92 Å². The van der Waals surface area contributed by atoms with Gasteiger partial charge in [0.05, 0.1) is 0 Å². The molecule has 0 heterocycles. The fourth-order valence-corrected chi connectivity index (χ4v) is 2.13. The van der Waals surface area contributed by atoms with Gasteiger partial charge in [-0.15, -0.1) is 11.6 Å². The Morgan fingerprint density at radius 3 is 2.64 bits per heavy atom. The standard InChI is InChI=1S/C8H12Cl2O/c1-8(10)4-2-3-6(5-8)7(9)11/h6H,2-5H2,1H3. The predicted molar refractivity (Wildman–Crippen MR) is 47.1 cm³/mol. The van der Waals surface area contributed by atoms with Crippen LogP contribution >= 0.6 is 23.2 Å². The van der Waals surface area contributed by atoms with Gasteiger partial charge >= 0.3 is 0 Å². The quantitative estimate of drug-likeness (QED) is 0.464. The Kier molecular flexibility index (Phi) is 2.82. The second-order valence-electron chi connectivity index (χ2n) is 3.51. The highest BCUT2D eigenvalue weighted by Crippen LogP contribution is 2.37. The van der Waals surface area contributed by atoms with Gasteiger partial charge in [-0.3, -0.25) is 4.79 Å². The second-order valence-corrected chi connectivity index (χ2v) is 4.80. The summed E-state index contributed by atoms with van der Waals surface area (Å²) in [7, 11) is 0. The van der Waals surface area contributed by atoms with E-state index in [1.807, 2.05) is 6.92 Å².